The molecule has 136 valence electrons. The van der Waals surface area contributed by atoms with Crippen molar-refractivity contribution in [2.75, 3.05) is 12.9 Å². The number of carbonyl (C=O) groups excluding carboxylic acids is 1. The maximum Gasteiger partial charge on any atom is 0.231 e. The Kier molecular flexibility index (Phi) is 5.42. The molecule has 9 heteroatoms. The Morgan fingerprint density at radius 2 is 2.19 bits per heavy atom. The number of nitrogens with zero attached hydrogens (tertiary/aromatic N) is 5. The molecule has 1 saturated carbocycles. The monoisotopic (exact) mass is 372 g/mol. The van der Waals surface area contributed by atoms with Gasteiger partial charge in [-0.2, -0.15) is 5.26 Å². The number of nitriles is 1. The number of benzene rings is 1. The van der Waals surface area contributed by atoms with Crippen molar-refractivity contribution in [2.45, 2.75) is 37.0 Å². The maximum atomic E-state index is 12.2. The average Bonchev–Trinajstić information content (AvgIpc) is 3.42. The van der Waals surface area contributed by atoms with Gasteiger partial charge in [0.25, 0.3) is 0 Å². The molecule has 0 unspecified atom stereocenters. The van der Waals surface area contributed by atoms with Crippen molar-refractivity contribution in [3.63, 3.8) is 0 Å². The van der Waals surface area contributed by atoms with Gasteiger partial charge in [0.15, 0.2) is 0 Å². The van der Waals surface area contributed by atoms with Crippen molar-refractivity contribution in [2.24, 2.45) is 5.92 Å². The third-order valence-electron chi connectivity index (χ3n) is 4.35. The lowest BCUT2D eigenvalue weighted by Crippen LogP contribution is -2.47. The highest BCUT2D eigenvalue weighted by molar-refractivity contribution is 7.99. The summed E-state index contributed by atoms with van der Waals surface area (Å²) in [6.45, 7) is 2.28. The lowest BCUT2D eigenvalue weighted by atomic mass is 9.98. The van der Waals surface area contributed by atoms with E-state index in [-0.39, 0.29) is 17.6 Å². The Hall–Kier alpha value is -2.60. The number of tetrazole rings is 1. The summed E-state index contributed by atoms with van der Waals surface area (Å²) in [6, 6.07) is 9.85. The number of thioether (sulfide) groups is 1. The molecule has 1 atom stereocenters. The van der Waals surface area contributed by atoms with Crippen LogP contribution in [0.2, 0.25) is 0 Å². The Bertz CT molecular complexity index is 811. The molecule has 3 rings (SSSR count). The van der Waals surface area contributed by atoms with Crippen LogP contribution in [0.15, 0.2) is 29.4 Å². The van der Waals surface area contributed by atoms with Crippen LogP contribution in [0.1, 0.15) is 25.3 Å². The van der Waals surface area contributed by atoms with Crippen molar-refractivity contribution < 1.29 is 9.53 Å². The first-order chi connectivity index (χ1) is 12.5. The van der Waals surface area contributed by atoms with Gasteiger partial charge >= 0.3 is 0 Å². The zero-order valence-electron chi connectivity index (χ0n) is 14.7. The molecule has 0 spiro atoms. The number of amides is 1. The lowest BCUT2D eigenvalue weighted by molar-refractivity contribution is -0.119. The summed E-state index contributed by atoms with van der Waals surface area (Å²) in [5.74, 6) is 1.01. The van der Waals surface area contributed by atoms with E-state index in [1.54, 1.807) is 18.7 Å². The van der Waals surface area contributed by atoms with Crippen molar-refractivity contribution in [3.05, 3.63) is 29.8 Å². The van der Waals surface area contributed by atoms with E-state index in [4.69, 9.17) is 4.74 Å². The van der Waals surface area contributed by atoms with Crippen LogP contribution >= 0.6 is 11.8 Å². The molecule has 1 aliphatic rings. The van der Waals surface area contributed by atoms with Crippen LogP contribution in [0.25, 0.3) is 0 Å². The first kappa shape index (κ1) is 18.2. The van der Waals surface area contributed by atoms with Crippen molar-refractivity contribution in [3.8, 4) is 11.8 Å². The summed E-state index contributed by atoms with van der Waals surface area (Å²) < 4.78 is 6.79. The number of hydrogen-bond acceptors (Lipinski definition) is 7. The molecular weight excluding hydrogens is 352 g/mol. The lowest BCUT2D eigenvalue weighted by Gasteiger charge is -2.22. The molecule has 1 aliphatic carbocycles. The molecule has 8 nitrogen and oxygen atoms in total. The van der Waals surface area contributed by atoms with E-state index in [0.717, 1.165) is 24.2 Å². The second kappa shape index (κ2) is 7.74. The predicted octanol–water partition coefficient (Wildman–Crippen LogP) is 1.63. The van der Waals surface area contributed by atoms with E-state index in [9.17, 15) is 10.1 Å². The van der Waals surface area contributed by atoms with E-state index in [1.165, 1.54) is 11.8 Å². The number of carbonyl (C=O) groups is 1. The number of nitrogens with one attached hydrogen (secondary N) is 1. The molecule has 1 aromatic heterocycles. The minimum absolute atomic E-state index is 0.160. The van der Waals surface area contributed by atoms with Crippen LogP contribution in [-0.2, 0) is 11.3 Å². The first-order valence-corrected chi connectivity index (χ1v) is 9.27. The van der Waals surface area contributed by atoms with Gasteiger partial charge in [0, 0.05) is 0 Å². The summed E-state index contributed by atoms with van der Waals surface area (Å²) in [4.78, 5) is 12.2. The van der Waals surface area contributed by atoms with E-state index in [2.05, 4.69) is 26.9 Å². The Balaban J connectivity index is 1.56. The van der Waals surface area contributed by atoms with Crippen LogP contribution < -0.4 is 10.1 Å². The van der Waals surface area contributed by atoms with Gasteiger partial charge in [-0.15, -0.1) is 5.10 Å². The zero-order chi connectivity index (χ0) is 18.6. The third-order valence-corrected chi connectivity index (χ3v) is 5.31. The smallest absolute Gasteiger partial charge is 0.231 e. The van der Waals surface area contributed by atoms with Crippen LogP contribution in [0, 0.1) is 17.2 Å². The van der Waals surface area contributed by atoms with Crippen molar-refractivity contribution in [1.29, 1.82) is 5.26 Å². The largest absolute Gasteiger partial charge is 0.497 e. The topological polar surface area (TPSA) is 106 Å². The van der Waals surface area contributed by atoms with Gasteiger partial charge in [-0.1, -0.05) is 23.9 Å². The molecular formula is C17H20N6O2S. The number of hydrogen-bond donors (Lipinski definition) is 1. The van der Waals surface area contributed by atoms with Crippen molar-refractivity contribution >= 4 is 17.7 Å². The van der Waals surface area contributed by atoms with Crippen molar-refractivity contribution in [1.82, 2.24) is 25.5 Å². The maximum absolute atomic E-state index is 12.2. The highest BCUT2D eigenvalue weighted by atomic mass is 32.2. The Morgan fingerprint density at radius 3 is 2.81 bits per heavy atom. The number of methoxy groups -OCH3 is 1. The normalized spacial score (nSPS) is 15.7. The number of ether oxygens (including phenoxy) is 1. The average molecular weight is 372 g/mol. The predicted molar refractivity (Wildman–Crippen MR) is 95.5 cm³/mol. The molecule has 1 fully saturated rings. The van der Waals surface area contributed by atoms with Crippen LogP contribution in [0.5, 0.6) is 5.75 Å². The molecule has 0 radical (unpaired) electrons. The van der Waals surface area contributed by atoms with Gasteiger partial charge in [-0.25, -0.2) is 4.68 Å². The molecule has 1 N–H and O–H groups in total. The molecule has 0 saturated heterocycles. The van der Waals surface area contributed by atoms with Crippen LogP contribution in [-0.4, -0.2) is 44.5 Å². The third kappa shape index (κ3) is 4.32. The standard InChI is InChI=1S/C17H20N6O2S/c1-17(11-18,13-5-6-13)19-15(24)10-26-16-20-21-22-23(16)9-12-3-7-14(25-2)8-4-12/h3-4,7-8,13H,5-6,9-10H2,1-2H3,(H,19,24)/t17-/m0/s1. The van der Waals surface area contributed by atoms with Gasteiger partial charge < -0.3 is 10.1 Å². The fourth-order valence-electron chi connectivity index (χ4n) is 2.64. The highest BCUT2D eigenvalue weighted by Crippen LogP contribution is 2.39. The summed E-state index contributed by atoms with van der Waals surface area (Å²) in [7, 11) is 1.62. The van der Waals surface area contributed by atoms with E-state index in [0.29, 0.717) is 11.7 Å². The van der Waals surface area contributed by atoms with Gasteiger partial charge in [0.2, 0.25) is 11.1 Å². The molecule has 26 heavy (non-hydrogen) atoms. The van der Waals surface area contributed by atoms with Crippen LogP contribution in [0.3, 0.4) is 0 Å². The van der Waals surface area contributed by atoms with Gasteiger partial charge in [0.1, 0.15) is 11.3 Å². The minimum atomic E-state index is -0.785. The Morgan fingerprint density at radius 1 is 1.46 bits per heavy atom. The first-order valence-electron chi connectivity index (χ1n) is 8.28. The summed E-state index contributed by atoms with van der Waals surface area (Å²) in [5.41, 5.74) is 0.238. The van der Waals surface area contributed by atoms with Crippen LogP contribution in [0.4, 0.5) is 0 Å². The summed E-state index contributed by atoms with van der Waals surface area (Å²) in [6.07, 6.45) is 1.97. The summed E-state index contributed by atoms with van der Waals surface area (Å²) >= 11 is 1.25. The second-order valence-corrected chi connectivity index (χ2v) is 7.33. The Labute approximate surface area is 155 Å². The highest BCUT2D eigenvalue weighted by Gasteiger charge is 2.42. The van der Waals surface area contributed by atoms with Gasteiger partial charge in [-0.3, -0.25) is 4.79 Å². The fourth-order valence-corrected chi connectivity index (χ4v) is 3.32. The molecule has 2 aromatic rings. The second-order valence-electron chi connectivity index (χ2n) is 6.39. The number of aromatic nitrogens is 4. The van der Waals surface area contributed by atoms with Gasteiger partial charge in [0.05, 0.1) is 25.5 Å². The quantitative estimate of drug-likeness (QED) is 0.702. The molecule has 1 amide bonds. The van der Waals surface area contributed by atoms with E-state index in [1.807, 2.05) is 24.3 Å². The molecule has 1 heterocycles. The van der Waals surface area contributed by atoms with E-state index >= 15 is 0 Å². The van der Waals surface area contributed by atoms with E-state index < -0.39 is 5.54 Å². The minimum Gasteiger partial charge on any atom is -0.497 e. The van der Waals surface area contributed by atoms with Gasteiger partial charge in [-0.05, 0) is 53.8 Å². The SMILES string of the molecule is COc1ccc(Cn2nnnc2SCC(=O)N[C@@](C)(C#N)C2CC2)cc1. The molecule has 0 aliphatic heterocycles. The summed E-state index contributed by atoms with van der Waals surface area (Å²) in [5, 5.41) is 24.4. The molecule has 0 bridgehead atoms. The number of rotatable bonds is 8. The zero-order valence-corrected chi connectivity index (χ0v) is 15.5. The fraction of sp³-hybridized carbons (Fsp3) is 0.471. The molecule has 1 aromatic carbocycles.